The first-order chi connectivity index (χ1) is 13.7. The van der Waals surface area contributed by atoms with Gasteiger partial charge in [-0.15, -0.1) is 0 Å². The van der Waals surface area contributed by atoms with E-state index in [0.717, 1.165) is 11.9 Å². The lowest BCUT2D eigenvalue weighted by Gasteiger charge is -2.13. The zero-order valence-corrected chi connectivity index (χ0v) is 16.1. The lowest BCUT2D eigenvalue weighted by molar-refractivity contribution is -0.682. The maximum Gasteiger partial charge on any atom is 0.275 e. The van der Waals surface area contributed by atoms with Crippen LogP contribution in [0.15, 0.2) is 72.9 Å². The molecule has 142 valence electrons. The van der Waals surface area contributed by atoms with Crippen LogP contribution >= 0.6 is 0 Å². The molecule has 0 radical (unpaired) electrons. The summed E-state index contributed by atoms with van der Waals surface area (Å²) in [4.78, 5) is 15.6. The first kappa shape index (κ1) is 18.3. The highest BCUT2D eigenvalue weighted by Gasteiger charge is 2.14. The first-order valence-corrected chi connectivity index (χ1v) is 9.85. The molecular weight excluding hydrogens is 346 g/mol. The number of para-hydroxylation sites is 1. The summed E-state index contributed by atoms with van der Waals surface area (Å²) < 4.78 is 0. The topological polar surface area (TPSA) is 61.5 Å². The number of hydrogen-bond donors (Lipinski definition) is 3. The number of quaternary nitrogens is 1. The van der Waals surface area contributed by atoms with Crippen molar-refractivity contribution in [2.45, 2.75) is 19.4 Å². The Kier molecular flexibility index (Phi) is 5.40. The molecule has 0 aliphatic heterocycles. The quantitative estimate of drug-likeness (QED) is 0.458. The number of hydrogen-bond acceptors (Lipinski definition) is 1. The number of amides is 1. The van der Waals surface area contributed by atoms with Crippen LogP contribution in [0.1, 0.15) is 24.1 Å². The molecule has 0 saturated heterocycles. The van der Waals surface area contributed by atoms with Crippen LogP contribution in [0.4, 0.5) is 0 Å². The van der Waals surface area contributed by atoms with Crippen LogP contribution in [0.25, 0.3) is 21.7 Å². The Bertz CT molecular complexity index is 1090. The molecule has 4 nitrogen and oxygen atoms in total. The van der Waals surface area contributed by atoms with Crippen LogP contribution in [-0.4, -0.2) is 24.0 Å². The molecule has 0 unspecified atom stereocenters. The number of benzene rings is 3. The number of H-pyrrole nitrogens is 1. The second-order valence-corrected chi connectivity index (χ2v) is 7.26. The highest BCUT2D eigenvalue weighted by Crippen LogP contribution is 2.22. The summed E-state index contributed by atoms with van der Waals surface area (Å²) in [7, 11) is 0. The first-order valence-electron chi connectivity index (χ1n) is 9.85. The highest BCUT2D eigenvalue weighted by molar-refractivity contribution is 5.86. The number of fused-ring (bicyclic) bond motifs is 2. The molecule has 0 saturated carbocycles. The van der Waals surface area contributed by atoms with Crippen molar-refractivity contribution >= 4 is 27.6 Å². The minimum Gasteiger partial charge on any atom is -0.361 e. The minimum atomic E-state index is 0.0759. The SMILES string of the molecule is C[C@@H]([NH2+]CC(=O)NCCc1c[nH]c2ccccc12)c1cccc2ccccc12. The molecule has 0 spiro atoms. The summed E-state index contributed by atoms with van der Waals surface area (Å²) in [6, 6.07) is 23.2. The molecule has 4 N–H and O–H groups in total. The molecule has 1 atom stereocenters. The Morgan fingerprint density at radius 3 is 2.64 bits per heavy atom. The van der Waals surface area contributed by atoms with Gasteiger partial charge >= 0.3 is 0 Å². The van der Waals surface area contributed by atoms with Gasteiger partial charge in [-0.05, 0) is 35.7 Å². The molecular formula is C24H26N3O+. The van der Waals surface area contributed by atoms with Crippen molar-refractivity contribution in [3.05, 3.63) is 84.1 Å². The van der Waals surface area contributed by atoms with Gasteiger partial charge in [0, 0.05) is 29.2 Å². The van der Waals surface area contributed by atoms with Crippen molar-refractivity contribution in [3.8, 4) is 0 Å². The summed E-state index contributed by atoms with van der Waals surface area (Å²) in [5.41, 5.74) is 3.65. The number of nitrogens with one attached hydrogen (secondary N) is 2. The van der Waals surface area contributed by atoms with E-state index in [2.05, 4.69) is 77.1 Å². The number of nitrogens with two attached hydrogens (primary N) is 1. The van der Waals surface area contributed by atoms with E-state index in [9.17, 15) is 4.79 Å². The molecule has 0 aliphatic rings. The number of rotatable bonds is 7. The van der Waals surface area contributed by atoms with Gasteiger partial charge in [0.15, 0.2) is 6.54 Å². The standard InChI is InChI=1S/C24H25N3O/c1-17(20-11-6-8-18-7-2-3-9-21(18)20)26-16-24(28)25-14-13-19-15-27-23-12-5-4-10-22(19)23/h2-12,15,17,26-27H,13-14,16H2,1H3,(H,25,28)/p+1/t17-/m1/s1. The fourth-order valence-corrected chi connectivity index (χ4v) is 3.81. The van der Waals surface area contributed by atoms with E-state index in [0.29, 0.717) is 13.1 Å². The van der Waals surface area contributed by atoms with Gasteiger partial charge < -0.3 is 15.6 Å². The van der Waals surface area contributed by atoms with Gasteiger partial charge in [-0.1, -0.05) is 60.7 Å². The van der Waals surface area contributed by atoms with Crippen LogP contribution in [0.3, 0.4) is 0 Å². The van der Waals surface area contributed by atoms with Crippen molar-refractivity contribution in [1.29, 1.82) is 0 Å². The second kappa shape index (κ2) is 8.28. The molecule has 4 aromatic rings. The number of aromatic amines is 1. The Hall–Kier alpha value is -3.11. The Morgan fingerprint density at radius 1 is 1.00 bits per heavy atom. The fraction of sp³-hybridized carbons (Fsp3) is 0.208. The van der Waals surface area contributed by atoms with Gasteiger partial charge in [0.05, 0.1) is 0 Å². The summed E-state index contributed by atoms with van der Waals surface area (Å²) in [6.45, 7) is 3.23. The van der Waals surface area contributed by atoms with E-state index in [1.807, 2.05) is 18.3 Å². The van der Waals surface area contributed by atoms with Crippen LogP contribution in [-0.2, 0) is 11.2 Å². The van der Waals surface area contributed by atoms with Gasteiger partial charge in [0.1, 0.15) is 6.04 Å². The molecule has 3 aromatic carbocycles. The lowest BCUT2D eigenvalue weighted by Crippen LogP contribution is -2.87. The Morgan fingerprint density at radius 2 is 1.75 bits per heavy atom. The molecule has 1 amide bonds. The van der Waals surface area contributed by atoms with Crippen molar-refractivity contribution in [3.63, 3.8) is 0 Å². The van der Waals surface area contributed by atoms with Gasteiger partial charge in [-0.3, -0.25) is 4.79 Å². The summed E-state index contributed by atoms with van der Waals surface area (Å²) in [5.74, 6) is 0.0759. The van der Waals surface area contributed by atoms with Crippen molar-refractivity contribution in [2.24, 2.45) is 0 Å². The van der Waals surface area contributed by atoms with Crippen LogP contribution < -0.4 is 10.6 Å². The predicted molar refractivity (Wildman–Crippen MR) is 114 cm³/mol. The van der Waals surface area contributed by atoms with Crippen molar-refractivity contribution in [2.75, 3.05) is 13.1 Å². The molecule has 4 heteroatoms. The zero-order chi connectivity index (χ0) is 19.3. The molecule has 4 rings (SSSR count). The van der Waals surface area contributed by atoms with E-state index < -0.39 is 0 Å². The van der Waals surface area contributed by atoms with Crippen LogP contribution in [0.2, 0.25) is 0 Å². The maximum absolute atomic E-state index is 12.3. The monoisotopic (exact) mass is 372 g/mol. The summed E-state index contributed by atoms with van der Waals surface area (Å²) in [6.07, 6.45) is 2.86. The molecule has 28 heavy (non-hydrogen) atoms. The zero-order valence-electron chi connectivity index (χ0n) is 16.1. The van der Waals surface area contributed by atoms with Crippen molar-refractivity contribution in [1.82, 2.24) is 10.3 Å². The van der Waals surface area contributed by atoms with E-state index in [-0.39, 0.29) is 11.9 Å². The minimum absolute atomic E-state index is 0.0759. The van der Waals surface area contributed by atoms with Crippen LogP contribution in [0.5, 0.6) is 0 Å². The van der Waals surface area contributed by atoms with E-state index in [1.54, 1.807) is 0 Å². The molecule has 0 bridgehead atoms. The van der Waals surface area contributed by atoms with Gasteiger partial charge in [-0.2, -0.15) is 0 Å². The summed E-state index contributed by atoms with van der Waals surface area (Å²) in [5, 5.41) is 8.87. The normalized spacial score (nSPS) is 12.3. The Labute approximate surface area is 165 Å². The number of carbonyl (C=O) groups excluding carboxylic acids is 1. The molecule has 0 aliphatic carbocycles. The van der Waals surface area contributed by atoms with Gasteiger partial charge in [0.2, 0.25) is 0 Å². The van der Waals surface area contributed by atoms with E-state index >= 15 is 0 Å². The van der Waals surface area contributed by atoms with E-state index in [4.69, 9.17) is 0 Å². The van der Waals surface area contributed by atoms with Gasteiger partial charge in [-0.25, -0.2) is 0 Å². The highest BCUT2D eigenvalue weighted by atomic mass is 16.1. The number of aromatic nitrogens is 1. The average Bonchev–Trinajstić information content (AvgIpc) is 3.15. The largest absolute Gasteiger partial charge is 0.361 e. The van der Waals surface area contributed by atoms with Crippen LogP contribution in [0, 0.1) is 0 Å². The van der Waals surface area contributed by atoms with Gasteiger partial charge in [0.25, 0.3) is 5.91 Å². The maximum atomic E-state index is 12.3. The number of carbonyl (C=O) groups is 1. The smallest absolute Gasteiger partial charge is 0.275 e. The van der Waals surface area contributed by atoms with Crippen molar-refractivity contribution < 1.29 is 10.1 Å². The fourth-order valence-electron chi connectivity index (χ4n) is 3.81. The molecule has 1 aromatic heterocycles. The lowest BCUT2D eigenvalue weighted by atomic mass is 10.00. The third-order valence-electron chi connectivity index (χ3n) is 5.36. The third kappa shape index (κ3) is 3.92. The predicted octanol–water partition coefficient (Wildman–Crippen LogP) is 3.30. The molecule has 1 heterocycles. The van der Waals surface area contributed by atoms with E-state index in [1.165, 1.54) is 27.3 Å². The molecule has 0 fully saturated rings. The Balaban J connectivity index is 1.29. The second-order valence-electron chi connectivity index (χ2n) is 7.26. The summed E-state index contributed by atoms with van der Waals surface area (Å²) >= 11 is 0. The third-order valence-corrected chi connectivity index (χ3v) is 5.36. The average molecular weight is 372 g/mol.